The Bertz CT molecular complexity index is 1150. The molecule has 0 unspecified atom stereocenters. The van der Waals surface area contributed by atoms with Gasteiger partial charge < -0.3 is 15.1 Å². The van der Waals surface area contributed by atoms with Gasteiger partial charge in [0.2, 0.25) is 0 Å². The van der Waals surface area contributed by atoms with E-state index in [1.165, 1.54) is 0 Å². The molecule has 1 amide bonds. The third-order valence-corrected chi connectivity index (χ3v) is 6.78. The number of aromatic nitrogens is 3. The number of halogens is 3. The van der Waals surface area contributed by atoms with Crippen LogP contribution in [0.4, 0.5) is 19.0 Å². The van der Waals surface area contributed by atoms with E-state index in [0.29, 0.717) is 36.8 Å². The molecule has 2 aromatic heterocycles. The number of thioether (sulfide) groups is 1. The maximum atomic E-state index is 13.5. The lowest BCUT2D eigenvalue weighted by Crippen LogP contribution is -2.46. The first-order chi connectivity index (χ1) is 17.3. The molecule has 0 spiro atoms. The zero-order valence-corrected chi connectivity index (χ0v) is 20.6. The third-order valence-electron chi connectivity index (χ3n) is 5.87. The molecule has 36 heavy (non-hydrogen) atoms. The molecule has 1 N–H and O–H groups in total. The van der Waals surface area contributed by atoms with Crippen molar-refractivity contribution in [1.29, 1.82) is 0 Å². The van der Waals surface area contributed by atoms with Gasteiger partial charge in [-0.2, -0.15) is 13.2 Å². The van der Waals surface area contributed by atoms with Crippen molar-refractivity contribution >= 4 is 23.5 Å². The molecule has 1 aliphatic heterocycles. The van der Waals surface area contributed by atoms with Crippen molar-refractivity contribution in [3.63, 3.8) is 0 Å². The molecule has 11 heteroatoms. The molecule has 0 bridgehead atoms. The van der Waals surface area contributed by atoms with Crippen LogP contribution in [0.5, 0.6) is 0 Å². The van der Waals surface area contributed by atoms with E-state index in [2.05, 4.69) is 32.1 Å². The highest BCUT2D eigenvalue weighted by Gasteiger charge is 2.34. The van der Waals surface area contributed by atoms with Crippen LogP contribution >= 0.6 is 11.8 Å². The number of hydrogen-bond acceptors (Lipinski definition) is 7. The first-order valence-corrected chi connectivity index (χ1v) is 12.6. The van der Waals surface area contributed by atoms with Gasteiger partial charge in [-0.3, -0.25) is 9.78 Å². The second-order valence-corrected chi connectivity index (χ2v) is 9.24. The van der Waals surface area contributed by atoms with Gasteiger partial charge in [-0.05, 0) is 36.4 Å². The molecule has 4 rings (SSSR count). The second-order valence-electron chi connectivity index (χ2n) is 8.30. The number of carbonyl (C=O) groups is 1. The number of piperazine rings is 1. The van der Waals surface area contributed by atoms with Crippen LogP contribution in [0.3, 0.4) is 0 Å². The lowest BCUT2D eigenvalue weighted by atomic mass is 10.1. The molecule has 0 radical (unpaired) electrons. The number of anilines is 1. The van der Waals surface area contributed by atoms with Crippen LogP contribution in [0.2, 0.25) is 0 Å². The quantitative estimate of drug-likeness (QED) is 0.354. The summed E-state index contributed by atoms with van der Waals surface area (Å²) in [4.78, 5) is 28.9. The monoisotopic (exact) mass is 516 g/mol. The van der Waals surface area contributed by atoms with Crippen LogP contribution in [-0.4, -0.2) is 58.5 Å². The minimum atomic E-state index is -4.55. The fraction of sp³-hybridized carbons (Fsp3) is 0.360. The molecule has 0 saturated carbocycles. The first-order valence-electron chi connectivity index (χ1n) is 11.7. The zero-order valence-electron chi connectivity index (χ0n) is 19.8. The van der Waals surface area contributed by atoms with E-state index in [4.69, 9.17) is 0 Å². The van der Waals surface area contributed by atoms with E-state index >= 15 is 0 Å². The molecular formula is C25H27F3N6OS. The third kappa shape index (κ3) is 6.94. The SMILES string of the molecule is CCN1CCN(c2cc(C(F)(F)F)nc(SCc3ccc(C(=O)NCc4ccccn4)cc3)n2)CC1. The normalized spacial score (nSPS) is 14.6. The van der Waals surface area contributed by atoms with E-state index in [1.807, 2.05) is 17.0 Å². The number of hydrogen-bond donors (Lipinski definition) is 1. The van der Waals surface area contributed by atoms with Crippen molar-refractivity contribution in [2.75, 3.05) is 37.6 Å². The van der Waals surface area contributed by atoms with Crippen LogP contribution in [0.15, 0.2) is 59.9 Å². The summed E-state index contributed by atoms with van der Waals surface area (Å²) in [6.45, 7) is 6.11. The average molecular weight is 517 g/mol. The number of nitrogens with one attached hydrogen (secondary N) is 1. The van der Waals surface area contributed by atoms with Gasteiger partial charge in [-0.1, -0.05) is 36.9 Å². The van der Waals surface area contributed by atoms with E-state index in [0.717, 1.165) is 48.7 Å². The van der Waals surface area contributed by atoms with Gasteiger partial charge in [-0.25, -0.2) is 9.97 Å². The summed E-state index contributed by atoms with van der Waals surface area (Å²) in [5.74, 6) is 0.449. The van der Waals surface area contributed by atoms with Crippen LogP contribution in [-0.2, 0) is 18.5 Å². The van der Waals surface area contributed by atoms with Crippen LogP contribution in [0.25, 0.3) is 0 Å². The summed E-state index contributed by atoms with van der Waals surface area (Å²) in [7, 11) is 0. The Kier molecular flexibility index (Phi) is 8.42. The predicted octanol–water partition coefficient (Wildman–Crippen LogP) is 4.25. The molecule has 1 aliphatic rings. The molecule has 3 heterocycles. The molecule has 1 aromatic carbocycles. The summed E-state index contributed by atoms with van der Waals surface area (Å²) in [5, 5.41) is 2.89. The molecule has 3 aromatic rings. The number of nitrogens with zero attached hydrogens (tertiary/aromatic N) is 5. The van der Waals surface area contributed by atoms with E-state index < -0.39 is 11.9 Å². The van der Waals surface area contributed by atoms with Gasteiger partial charge >= 0.3 is 6.18 Å². The minimum Gasteiger partial charge on any atom is -0.354 e. The smallest absolute Gasteiger partial charge is 0.354 e. The summed E-state index contributed by atoms with van der Waals surface area (Å²) < 4.78 is 40.6. The summed E-state index contributed by atoms with van der Waals surface area (Å²) in [6.07, 6.45) is -2.89. The van der Waals surface area contributed by atoms with E-state index in [1.54, 1.807) is 36.5 Å². The van der Waals surface area contributed by atoms with E-state index in [-0.39, 0.29) is 11.1 Å². The Hall–Kier alpha value is -3.18. The standard InChI is InChI=1S/C25H27F3N6OS/c1-2-33-11-13-34(14-12-33)22-15-21(25(26,27)28)31-24(32-22)36-17-18-6-8-19(9-7-18)23(35)30-16-20-5-3-4-10-29-20/h3-10,15H,2,11-14,16-17H2,1H3,(H,30,35). The minimum absolute atomic E-state index is 0.0786. The number of alkyl halides is 3. The highest BCUT2D eigenvalue weighted by Crippen LogP contribution is 2.32. The number of benzene rings is 1. The number of carbonyl (C=O) groups excluding carboxylic acids is 1. The summed E-state index contributed by atoms with van der Waals surface area (Å²) in [6, 6.07) is 13.5. The topological polar surface area (TPSA) is 74.2 Å². The van der Waals surface area contributed by atoms with Crippen molar-refractivity contribution < 1.29 is 18.0 Å². The number of rotatable bonds is 8. The van der Waals surface area contributed by atoms with Crippen LogP contribution in [0, 0.1) is 0 Å². The first kappa shape index (κ1) is 25.9. The zero-order chi connectivity index (χ0) is 25.5. The molecule has 0 aliphatic carbocycles. The highest BCUT2D eigenvalue weighted by atomic mass is 32.2. The largest absolute Gasteiger partial charge is 0.433 e. The number of likely N-dealkylation sites (N-methyl/N-ethyl adjacent to an activating group) is 1. The fourth-order valence-electron chi connectivity index (χ4n) is 3.75. The van der Waals surface area contributed by atoms with Crippen LogP contribution in [0.1, 0.15) is 34.2 Å². The maximum absolute atomic E-state index is 13.5. The van der Waals surface area contributed by atoms with Crippen molar-refractivity contribution in [2.45, 2.75) is 30.6 Å². The molecule has 1 fully saturated rings. The van der Waals surface area contributed by atoms with Gasteiger partial charge in [0.05, 0.1) is 12.2 Å². The molecule has 1 saturated heterocycles. The molecule has 7 nitrogen and oxygen atoms in total. The predicted molar refractivity (Wildman–Crippen MR) is 133 cm³/mol. The Morgan fingerprint density at radius 3 is 2.44 bits per heavy atom. The van der Waals surface area contributed by atoms with Crippen molar-refractivity contribution in [3.8, 4) is 0 Å². The lowest BCUT2D eigenvalue weighted by molar-refractivity contribution is -0.141. The van der Waals surface area contributed by atoms with Crippen molar-refractivity contribution in [3.05, 3.63) is 77.2 Å². The highest BCUT2D eigenvalue weighted by molar-refractivity contribution is 7.98. The Balaban J connectivity index is 1.39. The van der Waals surface area contributed by atoms with Gasteiger partial charge in [0.1, 0.15) is 5.82 Å². The van der Waals surface area contributed by atoms with Crippen molar-refractivity contribution in [1.82, 2.24) is 25.2 Å². The summed E-state index contributed by atoms with van der Waals surface area (Å²) in [5.41, 5.74) is 1.16. The van der Waals surface area contributed by atoms with Gasteiger partial charge in [0, 0.05) is 49.8 Å². The van der Waals surface area contributed by atoms with Gasteiger partial charge in [0.15, 0.2) is 10.9 Å². The molecule has 0 atom stereocenters. The van der Waals surface area contributed by atoms with Crippen LogP contribution < -0.4 is 10.2 Å². The maximum Gasteiger partial charge on any atom is 0.433 e. The molecule has 190 valence electrons. The number of amides is 1. The Labute approximate surface area is 212 Å². The summed E-state index contributed by atoms with van der Waals surface area (Å²) >= 11 is 1.14. The Morgan fingerprint density at radius 2 is 1.81 bits per heavy atom. The van der Waals surface area contributed by atoms with E-state index in [9.17, 15) is 18.0 Å². The second kappa shape index (κ2) is 11.7. The van der Waals surface area contributed by atoms with Crippen molar-refractivity contribution in [2.24, 2.45) is 0 Å². The average Bonchev–Trinajstić information content (AvgIpc) is 2.91. The number of pyridine rings is 1. The Morgan fingerprint density at radius 1 is 1.06 bits per heavy atom. The molecular weight excluding hydrogens is 489 g/mol. The van der Waals surface area contributed by atoms with Gasteiger partial charge in [-0.15, -0.1) is 0 Å². The van der Waals surface area contributed by atoms with Gasteiger partial charge in [0.25, 0.3) is 5.91 Å². The lowest BCUT2D eigenvalue weighted by Gasteiger charge is -2.35. The fourth-order valence-corrected chi connectivity index (χ4v) is 4.56.